The fraction of sp³-hybridized carbons (Fsp3) is 0.857. The standard InChI is InChI=1S/C7H17N3O/c1-2-3-10-6(5-8)4-7(9)11/h6,10H,2-5,8H2,1H3,(H2,9,11). The van der Waals surface area contributed by atoms with E-state index < -0.39 is 0 Å². The van der Waals surface area contributed by atoms with Crippen LogP contribution in [0.3, 0.4) is 0 Å². The summed E-state index contributed by atoms with van der Waals surface area (Å²) in [6.07, 6.45) is 1.37. The molecule has 1 unspecified atom stereocenters. The summed E-state index contributed by atoms with van der Waals surface area (Å²) >= 11 is 0. The zero-order valence-corrected chi connectivity index (χ0v) is 6.97. The van der Waals surface area contributed by atoms with Crippen LogP contribution < -0.4 is 16.8 Å². The van der Waals surface area contributed by atoms with E-state index in [9.17, 15) is 4.79 Å². The lowest BCUT2D eigenvalue weighted by Gasteiger charge is -2.13. The highest BCUT2D eigenvalue weighted by atomic mass is 16.1. The topological polar surface area (TPSA) is 81.1 Å². The van der Waals surface area contributed by atoms with E-state index >= 15 is 0 Å². The number of rotatable bonds is 6. The molecule has 0 aliphatic heterocycles. The molecule has 0 aliphatic carbocycles. The van der Waals surface area contributed by atoms with E-state index in [-0.39, 0.29) is 11.9 Å². The molecule has 0 aromatic carbocycles. The highest BCUT2D eigenvalue weighted by Crippen LogP contribution is 1.88. The summed E-state index contributed by atoms with van der Waals surface area (Å²) < 4.78 is 0. The molecule has 0 radical (unpaired) electrons. The van der Waals surface area contributed by atoms with Crippen molar-refractivity contribution in [1.29, 1.82) is 0 Å². The summed E-state index contributed by atoms with van der Waals surface area (Å²) in [5.74, 6) is -0.302. The Balaban J connectivity index is 3.49. The molecule has 0 fully saturated rings. The summed E-state index contributed by atoms with van der Waals surface area (Å²) in [7, 11) is 0. The fourth-order valence-electron chi connectivity index (χ4n) is 0.830. The van der Waals surface area contributed by atoms with E-state index in [4.69, 9.17) is 11.5 Å². The van der Waals surface area contributed by atoms with Gasteiger partial charge >= 0.3 is 0 Å². The van der Waals surface area contributed by atoms with Crippen molar-refractivity contribution in [2.24, 2.45) is 11.5 Å². The third-order valence-corrected chi connectivity index (χ3v) is 1.42. The number of hydrogen-bond donors (Lipinski definition) is 3. The summed E-state index contributed by atoms with van der Waals surface area (Å²) in [5, 5.41) is 3.12. The van der Waals surface area contributed by atoms with Crippen LogP contribution in [0.25, 0.3) is 0 Å². The van der Waals surface area contributed by atoms with E-state index in [1.807, 2.05) is 0 Å². The first-order valence-electron chi connectivity index (χ1n) is 3.92. The van der Waals surface area contributed by atoms with Gasteiger partial charge in [0.05, 0.1) is 0 Å². The molecule has 1 amide bonds. The van der Waals surface area contributed by atoms with Crippen molar-refractivity contribution in [1.82, 2.24) is 5.32 Å². The Labute approximate surface area is 67.3 Å². The maximum atomic E-state index is 10.5. The van der Waals surface area contributed by atoms with Gasteiger partial charge in [-0.15, -0.1) is 0 Å². The van der Waals surface area contributed by atoms with E-state index in [1.54, 1.807) is 0 Å². The van der Waals surface area contributed by atoms with Crippen LogP contribution in [0, 0.1) is 0 Å². The first-order valence-corrected chi connectivity index (χ1v) is 3.92. The number of carbonyl (C=O) groups is 1. The van der Waals surface area contributed by atoms with Crippen molar-refractivity contribution >= 4 is 5.91 Å². The minimum Gasteiger partial charge on any atom is -0.370 e. The first-order chi connectivity index (χ1) is 5.20. The molecular weight excluding hydrogens is 142 g/mol. The highest BCUT2D eigenvalue weighted by Gasteiger charge is 2.07. The molecule has 0 aromatic rings. The molecule has 0 aliphatic rings. The van der Waals surface area contributed by atoms with Gasteiger partial charge in [-0.1, -0.05) is 6.92 Å². The van der Waals surface area contributed by atoms with Gasteiger partial charge in [0.2, 0.25) is 5.91 Å². The molecular formula is C7H17N3O. The Hall–Kier alpha value is -0.610. The van der Waals surface area contributed by atoms with Gasteiger partial charge in [0, 0.05) is 19.0 Å². The third-order valence-electron chi connectivity index (χ3n) is 1.42. The molecule has 0 saturated carbocycles. The SMILES string of the molecule is CCCNC(CN)CC(N)=O. The van der Waals surface area contributed by atoms with Crippen LogP contribution >= 0.6 is 0 Å². The van der Waals surface area contributed by atoms with E-state index in [1.165, 1.54) is 0 Å². The number of amides is 1. The number of nitrogens with two attached hydrogens (primary N) is 2. The van der Waals surface area contributed by atoms with Gasteiger partial charge in [0.1, 0.15) is 0 Å². The van der Waals surface area contributed by atoms with Crippen LogP contribution in [-0.2, 0) is 4.79 Å². The summed E-state index contributed by atoms with van der Waals surface area (Å²) in [6, 6.07) is 0.0486. The molecule has 4 nitrogen and oxygen atoms in total. The van der Waals surface area contributed by atoms with Crippen LogP contribution in [0.2, 0.25) is 0 Å². The second kappa shape index (κ2) is 6.12. The summed E-state index contributed by atoms with van der Waals surface area (Å²) in [5.41, 5.74) is 10.4. The van der Waals surface area contributed by atoms with E-state index in [2.05, 4.69) is 12.2 Å². The Morgan fingerprint density at radius 2 is 2.27 bits per heavy atom. The van der Waals surface area contributed by atoms with Gasteiger partial charge in [0.15, 0.2) is 0 Å². The molecule has 0 bridgehead atoms. The van der Waals surface area contributed by atoms with Crippen molar-refractivity contribution in [2.75, 3.05) is 13.1 Å². The number of hydrogen-bond acceptors (Lipinski definition) is 3. The fourth-order valence-corrected chi connectivity index (χ4v) is 0.830. The molecule has 66 valence electrons. The van der Waals surface area contributed by atoms with E-state index in [0.29, 0.717) is 13.0 Å². The van der Waals surface area contributed by atoms with Crippen molar-refractivity contribution in [3.8, 4) is 0 Å². The minimum absolute atomic E-state index is 0.0486. The van der Waals surface area contributed by atoms with Gasteiger partial charge in [-0.3, -0.25) is 4.79 Å². The van der Waals surface area contributed by atoms with Crippen LogP contribution in [0.15, 0.2) is 0 Å². The molecule has 0 aromatic heterocycles. The van der Waals surface area contributed by atoms with Gasteiger partial charge in [-0.05, 0) is 13.0 Å². The van der Waals surface area contributed by atoms with Gasteiger partial charge in [0.25, 0.3) is 0 Å². The predicted molar refractivity (Wildman–Crippen MR) is 44.9 cm³/mol. The molecule has 11 heavy (non-hydrogen) atoms. The van der Waals surface area contributed by atoms with Crippen molar-refractivity contribution < 1.29 is 4.79 Å². The van der Waals surface area contributed by atoms with Crippen LogP contribution in [0.4, 0.5) is 0 Å². The second-order valence-electron chi connectivity index (χ2n) is 2.56. The van der Waals surface area contributed by atoms with E-state index in [0.717, 1.165) is 13.0 Å². The van der Waals surface area contributed by atoms with Gasteiger partial charge in [-0.2, -0.15) is 0 Å². The average Bonchev–Trinajstić information content (AvgIpc) is 1.97. The minimum atomic E-state index is -0.302. The maximum absolute atomic E-state index is 10.5. The Morgan fingerprint density at radius 1 is 1.64 bits per heavy atom. The first kappa shape index (κ1) is 10.4. The maximum Gasteiger partial charge on any atom is 0.219 e. The second-order valence-corrected chi connectivity index (χ2v) is 2.56. The third kappa shape index (κ3) is 5.82. The lowest BCUT2D eigenvalue weighted by molar-refractivity contribution is -0.118. The lowest BCUT2D eigenvalue weighted by Crippen LogP contribution is -2.39. The zero-order valence-electron chi connectivity index (χ0n) is 6.97. The van der Waals surface area contributed by atoms with Crippen molar-refractivity contribution in [3.63, 3.8) is 0 Å². The lowest BCUT2D eigenvalue weighted by atomic mass is 10.2. The van der Waals surface area contributed by atoms with Crippen LogP contribution in [-0.4, -0.2) is 25.0 Å². The van der Waals surface area contributed by atoms with Crippen molar-refractivity contribution in [2.45, 2.75) is 25.8 Å². The highest BCUT2D eigenvalue weighted by molar-refractivity contribution is 5.74. The number of primary amides is 1. The largest absolute Gasteiger partial charge is 0.370 e. The summed E-state index contributed by atoms with van der Waals surface area (Å²) in [4.78, 5) is 10.5. The monoisotopic (exact) mass is 159 g/mol. The van der Waals surface area contributed by atoms with Crippen LogP contribution in [0.1, 0.15) is 19.8 Å². The smallest absolute Gasteiger partial charge is 0.219 e. The van der Waals surface area contributed by atoms with Crippen LogP contribution in [0.5, 0.6) is 0 Å². The number of nitrogens with one attached hydrogen (secondary N) is 1. The summed E-state index contributed by atoms with van der Waals surface area (Å²) in [6.45, 7) is 3.41. The average molecular weight is 159 g/mol. The Kier molecular flexibility index (Phi) is 5.78. The molecule has 1 atom stereocenters. The predicted octanol–water partition coefficient (Wildman–Crippen LogP) is -0.811. The normalized spacial score (nSPS) is 12.9. The molecule has 0 heterocycles. The molecule has 5 N–H and O–H groups in total. The molecule has 4 heteroatoms. The van der Waals surface area contributed by atoms with Gasteiger partial charge in [-0.25, -0.2) is 0 Å². The number of carbonyl (C=O) groups excluding carboxylic acids is 1. The van der Waals surface area contributed by atoms with Crippen molar-refractivity contribution in [3.05, 3.63) is 0 Å². The molecule has 0 spiro atoms. The zero-order chi connectivity index (χ0) is 8.69. The van der Waals surface area contributed by atoms with Gasteiger partial charge < -0.3 is 16.8 Å². The Morgan fingerprint density at radius 3 is 2.64 bits per heavy atom. The molecule has 0 saturated heterocycles. The quantitative estimate of drug-likeness (QED) is 0.474. The Bertz CT molecular complexity index is 116. The molecule has 0 rings (SSSR count).